The predicted octanol–water partition coefficient (Wildman–Crippen LogP) is 2.90. The van der Waals surface area contributed by atoms with Crippen LogP contribution in [0, 0.1) is 10.1 Å². The zero-order chi connectivity index (χ0) is 21.5. The minimum atomic E-state index is -0.649. The Morgan fingerprint density at radius 2 is 1.70 bits per heavy atom. The third kappa shape index (κ3) is 4.52. The van der Waals surface area contributed by atoms with Gasteiger partial charge in [-0.1, -0.05) is 12.1 Å². The number of nitrogens with one attached hydrogen (secondary N) is 3. The van der Waals surface area contributed by atoms with Gasteiger partial charge in [-0.05, 0) is 36.4 Å². The third-order valence-corrected chi connectivity index (χ3v) is 4.00. The van der Waals surface area contributed by atoms with Crippen molar-refractivity contribution in [1.29, 1.82) is 0 Å². The van der Waals surface area contributed by atoms with Gasteiger partial charge >= 0.3 is 5.69 Å². The maximum Gasteiger partial charge on any atom is 0.355 e. The average molecular weight is 410 g/mol. The zero-order valence-corrected chi connectivity index (χ0v) is 16.1. The molecule has 0 saturated carbocycles. The molecule has 30 heavy (non-hydrogen) atoms. The first-order valence-electron chi connectivity index (χ1n) is 8.63. The summed E-state index contributed by atoms with van der Waals surface area (Å²) < 4.78 is 10.2. The maximum atomic E-state index is 12.4. The number of aromatic nitrogens is 2. The van der Waals surface area contributed by atoms with E-state index < -0.39 is 16.5 Å². The van der Waals surface area contributed by atoms with Crippen molar-refractivity contribution in [2.75, 3.05) is 25.0 Å². The number of hydrazine groups is 1. The van der Waals surface area contributed by atoms with Crippen LogP contribution in [0.5, 0.6) is 11.5 Å². The van der Waals surface area contributed by atoms with Crippen LogP contribution < -0.4 is 25.6 Å². The van der Waals surface area contributed by atoms with E-state index in [9.17, 15) is 14.9 Å². The van der Waals surface area contributed by atoms with Crippen molar-refractivity contribution in [1.82, 2.24) is 15.4 Å². The second-order valence-electron chi connectivity index (χ2n) is 5.81. The molecule has 3 N–H and O–H groups in total. The van der Waals surface area contributed by atoms with E-state index in [0.29, 0.717) is 17.2 Å². The number of carbonyl (C=O) groups is 1. The Morgan fingerprint density at radius 1 is 1.00 bits per heavy atom. The van der Waals surface area contributed by atoms with Crippen LogP contribution in [0.3, 0.4) is 0 Å². The number of hydrogen-bond donors (Lipinski definition) is 3. The second kappa shape index (κ2) is 9.19. The standard InChI is InChI=1S/C19H18N6O5/c1-29-13-9-7-12(8-10-13)22-17-16(25(27)28)18(21-11-20-17)23-24-19(26)14-5-3-4-6-15(14)30-2/h3-11H,1-2H3,(H,24,26)(H2,20,21,22,23). The fourth-order valence-electron chi connectivity index (χ4n) is 2.56. The number of methoxy groups -OCH3 is 2. The van der Waals surface area contributed by atoms with Crippen molar-refractivity contribution in [2.24, 2.45) is 0 Å². The van der Waals surface area contributed by atoms with Crippen LogP contribution in [0.4, 0.5) is 23.0 Å². The molecule has 0 saturated heterocycles. The molecular formula is C19H18N6O5. The molecule has 3 aromatic rings. The first-order valence-corrected chi connectivity index (χ1v) is 8.63. The van der Waals surface area contributed by atoms with Gasteiger partial charge in [-0.3, -0.25) is 25.8 Å². The van der Waals surface area contributed by atoms with Crippen LogP contribution in [-0.4, -0.2) is 35.0 Å². The number of benzene rings is 2. The van der Waals surface area contributed by atoms with Crippen molar-refractivity contribution in [3.05, 3.63) is 70.5 Å². The topological polar surface area (TPSA) is 141 Å². The summed E-state index contributed by atoms with van der Waals surface area (Å²) in [6, 6.07) is 13.3. The molecule has 0 bridgehead atoms. The van der Waals surface area contributed by atoms with Crippen molar-refractivity contribution >= 4 is 28.9 Å². The third-order valence-electron chi connectivity index (χ3n) is 4.00. The van der Waals surface area contributed by atoms with Gasteiger partial charge in [0.05, 0.1) is 24.7 Å². The van der Waals surface area contributed by atoms with E-state index in [1.54, 1.807) is 48.5 Å². The van der Waals surface area contributed by atoms with Gasteiger partial charge in [0.1, 0.15) is 17.8 Å². The number of anilines is 3. The largest absolute Gasteiger partial charge is 0.497 e. The summed E-state index contributed by atoms with van der Waals surface area (Å²) in [7, 11) is 2.97. The molecule has 0 aliphatic heterocycles. The molecule has 154 valence electrons. The van der Waals surface area contributed by atoms with Crippen LogP contribution in [0.2, 0.25) is 0 Å². The SMILES string of the molecule is COc1ccc(Nc2ncnc(NNC(=O)c3ccccc3OC)c2[N+](=O)[O-])cc1. The Kier molecular flexibility index (Phi) is 6.23. The van der Waals surface area contributed by atoms with Gasteiger partial charge in [0.2, 0.25) is 11.6 Å². The molecule has 0 radical (unpaired) electrons. The van der Waals surface area contributed by atoms with Gasteiger partial charge < -0.3 is 14.8 Å². The highest BCUT2D eigenvalue weighted by molar-refractivity contribution is 5.97. The van der Waals surface area contributed by atoms with E-state index in [2.05, 4.69) is 26.1 Å². The lowest BCUT2D eigenvalue weighted by Crippen LogP contribution is -2.30. The quantitative estimate of drug-likeness (QED) is 0.377. The van der Waals surface area contributed by atoms with Gasteiger partial charge in [-0.2, -0.15) is 0 Å². The monoisotopic (exact) mass is 410 g/mol. The lowest BCUT2D eigenvalue weighted by molar-refractivity contribution is -0.383. The van der Waals surface area contributed by atoms with Gasteiger partial charge in [-0.25, -0.2) is 9.97 Å². The number of ether oxygens (including phenoxy) is 2. The predicted molar refractivity (Wildman–Crippen MR) is 109 cm³/mol. The number of amides is 1. The Bertz CT molecular complexity index is 1060. The highest BCUT2D eigenvalue weighted by Crippen LogP contribution is 2.31. The van der Waals surface area contributed by atoms with E-state index in [1.807, 2.05) is 0 Å². The van der Waals surface area contributed by atoms with Crippen molar-refractivity contribution in [2.45, 2.75) is 0 Å². The molecule has 0 aliphatic carbocycles. The first-order chi connectivity index (χ1) is 14.5. The molecule has 2 aromatic carbocycles. The molecule has 11 heteroatoms. The number of carbonyl (C=O) groups excluding carboxylic acids is 1. The van der Waals surface area contributed by atoms with Crippen molar-refractivity contribution < 1.29 is 19.2 Å². The Labute approximate surface area is 171 Å². The maximum absolute atomic E-state index is 12.4. The number of nitro groups is 1. The second-order valence-corrected chi connectivity index (χ2v) is 5.81. The van der Waals surface area contributed by atoms with Gasteiger partial charge in [-0.15, -0.1) is 0 Å². The molecule has 0 aliphatic rings. The minimum absolute atomic E-state index is 0.0470. The molecule has 1 heterocycles. The van der Waals surface area contributed by atoms with Crippen molar-refractivity contribution in [3.8, 4) is 11.5 Å². The Hall–Kier alpha value is -4.41. The zero-order valence-electron chi connectivity index (χ0n) is 16.1. The molecule has 0 atom stereocenters. The van der Waals surface area contributed by atoms with Crippen LogP contribution in [0.1, 0.15) is 10.4 Å². The van der Waals surface area contributed by atoms with Gasteiger partial charge in [0.25, 0.3) is 5.91 Å². The molecule has 0 spiro atoms. The summed E-state index contributed by atoms with van der Waals surface area (Å²) in [4.78, 5) is 31.2. The summed E-state index contributed by atoms with van der Waals surface area (Å²) in [5.41, 5.74) is 5.24. The summed E-state index contributed by atoms with van der Waals surface area (Å²) in [6.07, 6.45) is 1.14. The normalized spacial score (nSPS) is 10.1. The highest BCUT2D eigenvalue weighted by Gasteiger charge is 2.24. The van der Waals surface area contributed by atoms with E-state index in [1.165, 1.54) is 14.2 Å². The first kappa shape index (κ1) is 20.3. The lowest BCUT2D eigenvalue weighted by atomic mass is 10.2. The summed E-state index contributed by atoms with van der Waals surface area (Å²) >= 11 is 0. The minimum Gasteiger partial charge on any atom is -0.497 e. The van der Waals surface area contributed by atoms with Crippen LogP contribution >= 0.6 is 0 Å². The van der Waals surface area contributed by atoms with Gasteiger partial charge in [0.15, 0.2) is 0 Å². The average Bonchev–Trinajstić information content (AvgIpc) is 2.77. The number of hydrogen-bond acceptors (Lipinski definition) is 9. The molecule has 3 rings (SSSR count). The Balaban J connectivity index is 1.82. The molecule has 0 unspecified atom stereocenters. The number of nitrogens with zero attached hydrogens (tertiary/aromatic N) is 3. The van der Waals surface area contributed by atoms with E-state index in [0.717, 1.165) is 6.33 Å². The number of para-hydroxylation sites is 1. The van der Waals surface area contributed by atoms with E-state index in [4.69, 9.17) is 9.47 Å². The highest BCUT2D eigenvalue weighted by atomic mass is 16.6. The number of rotatable bonds is 8. The van der Waals surface area contributed by atoms with E-state index in [-0.39, 0.29) is 17.2 Å². The summed E-state index contributed by atoms with van der Waals surface area (Å²) in [5.74, 6) is 0.212. The lowest BCUT2D eigenvalue weighted by Gasteiger charge is -2.12. The van der Waals surface area contributed by atoms with Crippen molar-refractivity contribution in [3.63, 3.8) is 0 Å². The van der Waals surface area contributed by atoms with Crippen LogP contribution in [0.15, 0.2) is 54.9 Å². The smallest absolute Gasteiger partial charge is 0.355 e. The molecule has 11 nitrogen and oxygen atoms in total. The van der Waals surface area contributed by atoms with E-state index >= 15 is 0 Å². The van der Waals surface area contributed by atoms with Gasteiger partial charge in [0, 0.05) is 5.69 Å². The Morgan fingerprint density at radius 3 is 2.37 bits per heavy atom. The van der Waals surface area contributed by atoms with Crippen LogP contribution in [-0.2, 0) is 0 Å². The molecular weight excluding hydrogens is 392 g/mol. The molecule has 1 amide bonds. The van der Waals surface area contributed by atoms with Crippen LogP contribution in [0.25, 0.3) is 0 Å². The fraction of sp³-hybridized carbons (Fsp3) is 0.105. The fourth-order valence-corrected chi connectivity index (χ4v) is 2.56. The molecule has 1 aromatic heterocycles. The molecule has 0 fully saturated rings. The summed E-state index contributed by atoms with van der Waals surface area (Å²) in [6.45, 7) is 0. The summed E-state index contributed by atoms with van der Waals surface area (Å²) in [5, 5.41) is 14.5.